The molecule has 1 aliphatic rings. The summed E-state index contributed by atoms with van der Waals surface area (Å²) in [4.78, 5) is 10.3. The molecule has 1 saturated carbocycles. The van der Waals surface area contributed by atoms with E-state index in [2.05, 4.69) is 0 Å². The van der Waals surface area contributed by atoms with Crippen LogP contribution in [0.25, 0.3) is 0 Å². The van der Waals surface area contributed by atoms with E-state index in [1.807, 2.05) is 6.92 Å². The van der Waals surface area contributed by atoms with Crippen LogP contribution in [0.15, 0.2) is 0 Å². The molecule has 1 heteroatoms. The first-order chi connectivity index (χ1) is 4.83. The van der Waals surface area contributed by atoms with Crippen LogP contribution in [0, 0.1) is 11.8 Å². The van der Waals surface area contributed by atoms with Crippen molar-refractivity contribution in [3.63, 3.8) is 0 Å². The Morgan fingerprint density at radius 1 is 1.50 bits per heavy atom. The van der Waals surface area contributed by atoms with Crippen LogP contribution in [-0.4, -0.2) is 6.29 Å². The largest absolute Gasteiger partial charge is 0.303 e. The molecule has 1 rings (SSSR count). The molecule has 0 aromatic heterocycles. The third-order valence-corrected chi connectivity index (χ3v) is 2.41. The maximum absolute atomic E-state index is 10.3. The quantitative estimate of drug-likeness (QED) is 0.550. The summed E-state index contributed by atoms with van der Waals surface area (Å²) >= 11 is 0. The second-order valence-corrected chi connectivity index (χ2v) is 3.50. The third kappa shape index (κ3) is 2.13. The van der Waals surface area contributed by atoms with Crippen molar-refractivity contribution in [2.45, 2.75) is 39.0 Å². The normalized spacial score (nSPS) is 22.9. The summed E-state index contributed by atoms with van der Waals surface area (Å²) in [6.45, 7) is 2.02. The van der Waals surface area contributed by atoms with Crippen LogP contribution in [0.1, 0.15) is 39.0 Å². The van der Waals surface area contributed by atoms with Gasteiger partial charge in [0.1, 0.15) is 6.29 Å². The van der Waals surface area contributed by atoms with Gasteiger partial charge < -0.3 is 4.79 Å². The van der Waals surface area contributed by atoms with Crippen molar-refractivity contribution in [2.75, 3.05) is 0 Å². The lowest BCUT2D eigenvalue weighted by Crippen LogP contribution is -2.03. The number of hydrogen-bond acceptors (Lipinski definition) is 1. The number of carbonyl (C=O) groups is 1. The van der Waals surface area contributed by atoms with Gasteiger partial charge in [-0.2, -0.15) is 0 Å². The molecular weight excluding hydrogens is 124 g/mol. The first-order valence-electron chi connectivity index (χ1n) is 4.28. The molecule has 0 spiro atoms. The minimum absolute atomic E-state index is 0.295. The summed E-state index contributed by atoms with van der Waals surface area (Å²) in [6.07, 6.45) is 7.70. The van der Waals surface area contributed by atoms with Gasteiger partial charge in [0.05, 0.1) is 0 Å². The van der Waals surface area contributed by atoms with Crippen molar-refractivity contribution in [1.29, 1.82) is 0 Å². The topological polar surface area (TPSA) is 17.1 Å². The summed E-state index contributed by atoms with van der Waals surface area (Å²) in [7, 11) is 0. The maximum Gasteiger partial charge on any atom is 0.122 e. The molecule has 0 N–H and O–H groups in total. The SMILES string of the molecule is C[C@H](C=O)CC1CCCC1. The zero-order valence-electron chi connectivity index (χ0n) is 6.68. The zero-order valence-corrected chi connectivity index (χ0v) is 6.68. The van der Waals surface area contributed by atoms with Crippen LogP contribution in [0.4, 0.5) is 0 Å². The highest BCUT2D eigenvalue weighted by atomic mass is 16.1. The molecule has 0 radical (unpaired) electrons. The van der Waals surface area contributed by atoms with Crippen LogP contribution in [0.3, 0.4) is 0 Å². The standard InChI is InChI=1S/C9H16O/c1-8(7-10)6-9-4-2-3-5-9/h7-9H,2-6H2,1H3/t8-/m0/s1. The monoisotopic (exact) mass is 140 g/mol. The van der Waals surface area contributed by atoms with E-state index >= 15 is 0 Å². The lowest BCUT2D eigenvalue weighted by Gasteiger charge is -2.09. The fourth-order valence-corrected chi connectivity index (χ4v) is 1.83. The Morgan fingerprint density at radius 2 is 2.10 bits per heavy atom. The number of aldehydes is 1. The fraction of sp³-hybridized carbons (Fsp3) is 0.889. The molecule has 1 aliphatic carbocycles. The van der Waals surface area contributed by atoms with Crippen LogP contribution in [0.5, 0.6) is 0 Å². The van der Waals surface area contributed by atoms with E-state index < -0.39 is 0 Å². The molecule has 0 aliphatic heterocycles. The lowest BCUT2D eigenvalue weighted by atomic mass is 9.96. The van der Waals surface area contributed by atoms with Crippen molar-refractivity contribution in [1.82, 2.24) is 0 Å². The Morgan fingerprint density at radius 3 is 2.60 bits per heavy atom. The number of rotatable bonds is 3. The molecule has 0 heterocycles. The average Bonchev–Trinajstić information content (AvgIpc) is 2.40. The molecule has 1 atom stereocenters. The molecule has 1 nitrogen and oxygen atoms in total. The Balaban J connectivity index is 2.17. The molecule has 58 valence electrons. The molecular formula is C9H16O. The van der Waals surface area contributed by atoms with Crippen molar-refractivity contribution in [2.24, 2.45) is 11.8 Å². The van der Waals surface area contributed by atoms with Gasteiger partial charge in [-0.05, 0) is 12.3 Å². The summed E-state index contributed by atoms with van der Waals surface area (Å²) in [5, 5.41) is 0. The Bertz CT molecular complexity index is 103. The summed E-state index contributed by atoms with van der Waals surface area (Å²) < 4.78 is 0. The first-order valence-corrected chi connectivity index (χ1v) is 4.28. The van der Waals surface area contributed by atoms with Gasteiger partial charge in [0.2, 0.25) is 0 Å². The minimum Gasteiger partial charge on any atom is -0.303 e. The van der Waals surface area contributed by atoms with Gasteiger partial charge in [0.25, 0.3) is 0 Å². The zero-order chi connectivity index (χ0) is 7.40. The van der Waals surface area contributed by atoms with Crippen LogP contribution >= 0.6 is 0 Å². The van der Waals surface area contributed by atoms with Gasteiger partial charge in [-0.1, -0.05) is 32.6 Å². The molecule has 1 fully saturated rings. The van der Waals surface area contributed by atoms with E-state index in [-0.39, 0.29) is 0 Å². The van der Waals surface area contributed by atoms with E-state index in [0.717, 1.165) is 18.6 Å². The molecule has 0 saturated heterocycles. The Labute approximate surface area is 62.8 Å². The van der Waals surface area contributed by atoms with Crippen molar-refractivity contribution in [3.8, 4) is 0 Å². The molecule has 0 unspecified atom stereocenters. The van der Waals surface area contributed by atoms with Crippen molar-refractivity contribution >= 4 is 6.29 Å². The third-order valence-electron chi connectivity index (χ3n) is 2.41. The number of hydrogen-bond donors (Lipinski definition) is 0. The molecule has 0 bridgehead atoms. The van der Waals surface area contributed by atoms with E-state index in [0.29, 0.717) is 5.92 Å². The molecule has 10 heavy (non-hydrogen) atoms. The van der Waals surface area contributed by atoms with Crippen molar-refractivity contribution < 1.29 is 4.79 Å². The lowest BCUT2D eigenvalue weighted by molar-refractivity contribution is -0.111. The Kier molecular flexibility index (Phi) is 2.91. The predicted octanol–water partition coefficient (Wildman–Crippen LogP) is 2.40. The van der Waals surface area contributed by atoms with E-state index in [1.54, 1.807) is 0 Å². The van der Waals surface area contributed by atoms with Crippen LogP contribution in [-0.2, 0) is 4.79 Å². The second kappa shape index (κ2) is 3.75. The van der Waals surface area contributed by atoms with Gasteiger partial charge in [0.15, 0.2) is 0 Å². The van der Waals surface area contributed by atoms with Gasteiger partial charge in [-0.15, -0.1) is 0 Å². The summed E-state index contributed by atoms with van der Waals surface area (Å²) in [6, 6.07) is 0. The smallest absolute Gasteiger partial charge is 0.122 e. The maximum atomic E-state index is 10.3. The second-order valence-electron chi connectivity index (χ2n) is 3.50. The number of carbonyl (C=O) groups excluding carboxylic acids is 1. The van der Waals surface area contributed by atoms with Gasteiger partial charge in [0, 0.05) is 5.92 Å². The highest BCUT2D eigenvalue weighted by Crippen LogP contribution is 2.29. The minimum atomic E-state index is 0.295. The van der Waals surface area contributed by atoms with E-state index in [1.165, 1.54) is 25.7 Å². The van der Waals surface area contributed by atoms with Gasteiger partial charge in [-0.25, -0.2) is 0 Å². The predicted molar refractivity (Wildman–Crippen MR) is 41.8 cm³/mol. The molecule has 0 amide bonds. The Hall–Kier alpha value is -0.330. The highest BCUT2D eigenvalue weighted by molar-refractivity contribution is 5.52. The molecule has 0 aromatic carbocycles. The van der Waals surface area contributed by atoms with Gasteiger partial charge in [-0.3, -0.25) is 0 Å². The van der Waals surface area contributed by atoms with Crippen LogP contribution in [0.2, 0.25) is 0 Å². The van der Waals surface area contributed by atoms with Crippen LogP contribution < -0.4 is 0 Å². The first kappa shape index (κ1) is 7.77. The average molecular weight is 140 g/mol. The highest BCUT2D eigenvalue weighted by Gasteiger charge is 2.16. The molecule has 0 aromatic rings. The summed E-state index contributed by atoms with van der Waals surface area (Å²) in [5.74, 6) is 1.16. The fourth-order valence-electron chi connectivity index (χ4n) is 1.83. The summed E-state index contributed by atoms with van der Waals surface area (Å²) in [5.41, 5.74) is 0. The van der Waals surface area contributed by atoms with E-state index in [9.17, 15) is 4.79 Å². The van der Waals surface area contributed by atoms with Crippen molar-refractivity contribution in [3.05, 3.63) is 0 Å². The van der Waals surface area contributed by atoms with E-state index in [4.69, 9.17) is 0 Å². The van der Waals surface area contributed by atoms with Gasteiger partial charge >= 0.3 is 0 Å².